The molecule has 0 aromatic heterocycles. The molecule has 6 heteroatoms. The van der Waals surface area contributed by atoms with Crippen molar-refractivity contribution in [1.82, 2.24) is 5.32 Å². The normalized spacial score (nSPS) is 10.5. The third-order valence-corrected chi connectivity index (χ3v) is 1.96. The third kappa shape index (κ3) is 3.18. The van der Waals surface area contributed by atoms with Crippen molar-refractivity contribution < 1.29 is 19.4 Å². The fourth-order valence-corrected chi connectivity index (χ4v) is 1.16. The quantitative estimate of drug-likeness (QED) is 0.522. The number of anilines is 1. The second-order valence-electron chi connectivity index (χ2n) is 3.31. The summed E-state index contributed by atoms with van der Waals surface area (Å²) in [5.41, 5.74) is 5.55. The topological polar surface area (TPSA) is 95.6 Å². The minimum atomic E-state index is -0.767. The van der Waals surface area contributed by atoms with Gasteiger partial charge in [-0.15, -0.1) is 0 Å². The van der Waals surface area contributed by atoms with Gasteiger partial charge in [-0.1, -0.05) is 0 Å². The summed E-state index contributed by atoms with van der Waals surface area (Å²) in [6, 6.07) is 2.66. The van der Waals surface area contributed by atoms with E-state index in [1.54, 1.807) is 0 Å². The molecule has 0 aliphatic rings. The van der Waals surface area contributed by atoms with Crippen molar-refractivity contribution in [3.63, 3.8) is 0 Å². The van der Waals surface area contributed by atoms with Gasteiger partial charge in [0.1, 0.15) is 5.82 Å². The van der Waals surface area contributed by atoms with E-state index < -0.39 is 31.0 Å². The summed E-state index contributed by atoms with van der Waals surface area (Å²) in [6.07, 6.45) is 0. The highest BCUT2D eigenvalue weighted by Crippen LogP contribution is 2.10. The zero-order chi connectivity index (χ0) is 12.1. The van der Waals surface area contributed by atoms with E-state index in [2.05, 4.69) is 5.32 Å². The largest absolute Gasteiger partial charge is 0.399 e. The van der Waals surface area contributed by atoms with Crippen LogP contribution in [-0.2, 0) is 0 Å². The number of nitrogens with two attached hydrogens (primary N) is 1. The Bertz CT molecular complexity index is 360. The molecule has 0 radical (unpaired) electrons. The number of aliphatic hydroxyl groups is 2. The molecular formula is C10H13FN2O3. The van der Waals surface area contributed by atoms with Gasteiger partial charge in [0.15, 0.2) is 0 Å². The van der Waals surface area contributed by atoms with Gasteiger partial charge in [-0.05, 0) is 18.2 Å². The maximum atomic E-state index is 12.9. The Hall–Kier alpha value is -1.66. The maximum Gasteiger partial charge on any atom is 0.251 e. The molecule has 0 aliphatic carbocycles. The molecule has 0 fully saturated rings. The Balaban J connectivity index is 2.80. The summed E-state index contributed by atoms with van der Waals surface area (Å²) >= 11 is 0. The van der Waals surface area contributed by atoms with Gasteiger partial charge in [-0.3, -0.25) is 4.79 Å². The van der Waals surface area contributed by atoms with Gasteiger partial charge in [0.05, 0.1) is 19.3 Å². The molecule has 1 aromatic carbocycles. The van der Waals surface area contributed by atoms with Crippen molar-refractivity contribution in [3.05, 3.63) is 29.6 Å². The molecule has 1 rings (SSSR count). The molecule has 5 N–H and O–H groups in total. The lowest BCUT2D eigenvalue weighted by Crippen LogP contribution is -2.40. The molecule has 0 saturated heterocycles. The fraction of sp³-hybridized carbons (Fsp3) is 0.300. The van der Waals surface area contributed by atoms with Crippen LogP contribution in [0.5, 0.6) is 0 Å². The summed E-state index contributed by atoms with van der Waals surface area (Å²) < 4.78 is 12.9. The van der Waals surface area contributed by atoms with Crippen LogP contribution in [0.4, 0.5) is 10.1 Å². The highest BCUT2D eigenvalue weighted by molar-refractivity contribution is 5.95. The van der Waals surface area contributed by atoms with Gasteiger partial charge in [0.2, 0.25) is 0 Å². The molecule has 5 nitrogen and oxygen atoms in total. The summed E-state index contributed by atoms with van der Waals surface area (Å²) in [4.78, 5) is 11.5. The minimum absolute atomic E-state index is 0.0457. The first-order valence-corrected chi connectivity index (χ1v) is 4.65. The SMILES string of the molecule is Nc1cc(F)cc(C(=O)NC(CO)CO)c1. The second kappa shape index (κ2) is 5.43. The van der Waals surface area contributed by atoms with E-state index >= 15 is 0 Å². The van der Waals surface area contributed by atoms with Crippen LogP contribution < -0.4 is 11.1 Å². The zero-order valence-corrected chi connectivity index (χ0v) is 8.48. The molecular weight excluding hydrogens is 215 g/mol. The van der Waals surface area contributed by atoms with Crippen LogP contribution >= 0.6 is 0 Å². The second-order valence-corrected chi connectivity index (χ2v) is 3.31. The average molecular weight is 228 g/mol. The van der Waals surface area contributed by atoms with Crippen LogP contribution in [0.1, 0.15) is 10.4 Å². The smallest absolute Gasteiger partial charge is 0.251 e. The third-order valence-electron chi connectivity index (χ3n) is 1.96. The van der Waals surface area contributed by atoms with E-state index in [1.807, 2.05) is 0 Å². The molecule has 0 bridgehead atoms. The molecule has 0 spiro atoms. The van der Waals surface area contributed by atoms with Crippen LogP contribution in [0.3, 0.4) is 0 Å². The van der Waals surface area contributed by atoms with E-state index in [1.165, 1.54) is 6.07 Å². The number of halogens is 1. The Kier molecular flexibility index (Phi) is 4.21. The van der Waals surface area contributed by atoms with E-state index in [9.17, 15) is 9.18 Å². The first-order chi connectivity index (χ1) is 7.56. The van der Waals surface area contributed by atoms with Crippen molar-refractivity contribution >= 4 is 11.6 Å². The summed E-state index contributed by atoms with van der Waals surface area (Å²) in [5, 5.41) is 19.8. The fourth-order valence-electron chi connectivity index (χ4n) is 1.16. The van der Waals surface area contributed by atoms with Crippen molar-refractivity contribution in [2.75, 3.05) is 18.9 Å². The number of hydrogen-bond acceptors (Lipinski definition) is 4. The first-order valence-electron chi connectivity index (χ1n) is 4.65. The molecule has 0 aliphatic heterocycles. The Morgan fingerprint density at radius 2 is 2.00 bits per heavy atom. The van der Waals surface area contributed by atoms with Crippen LogP contribution in [-0.4, -0.2) is 35.4 Å². The minimum Gasteiger partial charge on any atom is -0.399 e. The highest BCUT2D eigenvalue weighted by Gasteiger charge is 2.13. The van der Waals surface area contributed by atoms with Crippen LogP contribution in [0.15, 0.2) is 18.2 Å². The molecule has 1 amide bonds. The number of rotatable bonds is 4. The standard InChI is InChI=1S/C10H13FN2O3/c11-7-1-6(2-8(12)3-7)10(16)13-9(4-14)5-15/h1-3,9,14-15H,4-5,12H2,(H,13,16). The van der Waals surface area contributed by atoms with Gasteiger partial charge in [-0.2, -0.15) is 0 Å². The van der Waals surface area contributed by atoms with Gasteiger partial charge in [0, 0.05) is 11.3 Å². The van der Waals surface area contributed by atoms with E-state index in [0.717, 1.165) is 12.1 Å². The van der Waals surface area contributed by atoms with Crippen LogP contribution in [0, 0.1) is 5.82 Å². The molecule has 0 atom stereocenters. The van der Waals surface area contributed by atoms with Gasteiger partial charge in [-0.25, -0.2) is 4.39 Å². The lowest BCUT2D eigenvalue weighted by molar-refractivity contribution is 0.0879. The molecule has 16 heavy (non-hydrogen) atoms. The predicted molar refractivity (Wildman–Crippen MR) is 56.2 cm³/mol. The van der Waals surface area contributed by atoms with Crippen molar-refractivity contribution in [3.8, 4) is 0 Å². The number of hydrogen-bond donors (Lipinski definition) is 4. The average Bonchev–Trinajstić information content (AvgIpc) is 2.24. The zero-order valence-electron chi connectivity index (χ0n) is 8.48. The monoisotopic (exact) mass is 228 g/mol. The number of carbonyl (C=O) groups excluding carboxylic acids is 1. The lowest BCUT2D eigenvalue weighted by Gasteiger charge is -2.13. The van der Waals surface area contributed by atoms with Crippen LogP contribution in [0.2, 0.25) is 0 Å². The summed E-state index contributed by atoms with van der Waals surface area (Å²) in [7, 11) is 0. The Morgan fingerprint density at radius 3 is 2.50 bits per heavy atom. The van der Waals surface area contributed by atoms with E-state index in [0.29, 0.717) is 0 Å². The number of carbonyl (C=O) groups is 1. The Labute approximate surface area is 91.7 Å². The van der Waals surface area contributed by atoms with Gasteiger partial charge in [0.25, 0.3) is 5.91 Å². The van der Waals surface area contributed by atoms with Crippen LogP contribution in [0.25, 0.3) is 0 Å². The van der Waals surface area contributed by atoms with Crippen molar-refractivity contribution in [2.45, 2.75) is 6.04 Å². The van der Waals surface area contributed by atoms with E-state index in [4.69, 9.17) is 15.9 Å². The summed E-state index contributed by atoms with van der Waals surface area (Å²) in [5.74, 6) is -1.21. The van der Waals surface area contributed by atoms with Gasteiger partial charge >= 0.3 is 0 Å². The maximum absolute atomic E-state index is 12.9. The van der Waals surface area contributed by atoms with E-state index in [-0.39, 0.29) is 11.3 Å². The number of nitrogen functional groups attached to an aromatic ring is 1. The highest BCUT2D eigenvalue weighted by atomic mass is 19.1. The van der Waals surface area contributed by atoms with Gasteiger partial charge < -0.3 is 21.3 Å². The lowest BCUT2D eigenvalue weighted by atomic mass is 10.1. The molecule has 88 valence electrons. The first kappa shape index (κ1) is 12.4. The van der Waals surface area contributed by atoms with Crippen molar-refractivity contribution in [2.24, 2.45) is 0 Å². The molecule has 0 heterocycles. The molecule has 0 saturated carbocycles. The predicted octanol–water partition coefficient (Wildman–Crippen LogP) is -0.509. The number of aliphatic hydroxyl groups excluding tert-OH is 2. The Morgan fingerprint density at radius 1 is 1.38 bits per heavy atom. The van der Waals surface area contributed by atoms with Crippen molar-refractivity contribution in [1.29, 1.82) is 0 Å². The summed E-state index contributed by atoms with van der Waals surface area (Å²) in [6.45, 7) is -0.792. The number of nitrogens with one attached hydrogen (secondary N) is 1. The molecule has 0 unspecified atom stereocenters. The number of amides is 1. The molecule has 1 aromatic rings. The number of benzene rings is 1.